The van der Waals surface area contributed by atoms with E-state index in [1.807, 2.05) is 0 Å². The van der Waals surface area contributed by atoms with Crippen molar-refractivity contribution >= 4 is 17.5 Å². The van der Waals surface area contributed by atoms with Gasteiger partial charge in [-0.15, -0.1) is 0 Å². The summed E-state index contributed by atoms with van der Waals surface area (Å²) in [4.78, 5) is 18.7. The number of alkyl halides is 3. The molecule has 0 radical (unpaired) electrons. The molecule has 0 spiro atoms. The van der Waals surface area contributed by atoms with Crippen molar-refractivity contribution in [2.45, 2.75) is 25.6 Å². The lowest BCUT2D eigenvalue weighted by Crippen LogP contribution is -2.36. The van der Waals surface area contributed by atoms with Gasteiger partial charge in [0.2, 0.25) is 0 Å². The predicted molar refractivity (Wildman–Crippen MR) is 54.6 cm³/mol. The van der Waals surface area contributed by atoms with E-state index in [9.17, 15) is 18.0 Å². The molecule has 1 N–H and O–H groups in total. The number of carbonyl (C=O) groups excluding carboxylic acids is 1. The monoisotopic (exact) mass is 267 g/mol. The van der Waals surface area contributed by atoms with E-state index in [1.165, 1.54) is 6.92 Å². The molecule has 0 aliphatic heterocycles. The molecule has 1 aromatic heterocycles. The molecule has 17 heavy (non-hydrogen) atoms. The van der Waals surface area contributed by atoms with Crippen LogP contribution in [-0.4, -0.2) is 28.1 Å². The van der Waals surface area contributed by atoms with Gasteiger partial charge >= 0.3 is 6.18 Å². The highest BCUT2D eigenvalue weighted by Gasteiger charge is 2.30. The second kappa shape index (κ2) is 5.31. The number of halogens is 4. The summed E-state index contributed by atoms with van der Waals surface area (Å²) in [7, 11) is 0. The van der Waals surface area contributed by atoms with Crippen LogP contribution in [0.1, 0.15) is 23.8 Å². The van der Waals surface area contributed by atoms with Crippen molar-refractivity contribution in [3.63, 3.8) is 0 Å². The zero-order valence-corrected chi connectivity index (χ0v) is 9.51. The summed E-state index contributed by atoms with van der Waals surface area (Å²) in [5, 5.41) is 2.27. The number of aromatic nitrogens is 2. The second-order valence-corrected chi connectivity index (χ2v) is 3.81. The Hall–Kier alpha value is -1.37. The lowest BCUT2D eigenvalue weighted by atomic mass is 10.2. The first kappa shape index (κ1) is 13.7. The van der Waals surface area contributed by atoms with Gasteiger partial charge in [0.05, 0.1) is 18.8 Å². The molecule has 0 aliphatic carbocycles. The van der Waals surface area contributed by atoms with Gasteiger partial charge in [-0.1, -0.05) is 11.6 Å². The quantitative estimate of drug-likeness (QED) is 0.913. The standard InChI is InChI=1S/C9H9ClF3N3O/c1-5(2-9(11,12)13)16-8(17)6-3-15-7(10)4-14-6/h3-5H,2H2,1H3,(H,16,17). The molecule has 8 heteroatoms. The van der Waals surface area contributed by atoms with Gasteiger partial charge in [0.1, 0.15) is 10.8 Å². The summed E-state index contributed by atoms with van der Waals surface area (Å²) in [6, 6.07) is -1.03. The fourth-order valence-electron chi connectivity index (χ4n) is 1.13. The molecular weight excluding hydrogens is 259 g/mol. The minimum atomic E-state index is -4.32. The normalized spacial score (nSPS) is 13.2. The second-order valence-electron chi connectivity index (χ2n) is 3.42. The Balaban J connectivity index is 2.57. The van der Waals surface area contributed by atoms with Gasteiger partial charge in [-0.25, -0.2) is 9.97 Å². The molecule has 0 aromatic carbocycles. The minimum absolute atomic E-state index is 0.0802. The van der Waals surface area contributed by atoms with Gasteiger partial charge in [0.25, 0.3) is 5.91 Å². The fourth-order valence-corrected chi connectivity index (χ4v) is 1.22. The van der Waals surface area contributed by atoms with Gasteiger partial charge in [0, 0.05) is 6.04 Å². The lowest BCUT2D eigenvalue weighted by Gasteiger charge is -2.15. The van der Waals surface area contributed by atoms with E-state index < -0.39 is 24.5 Å². The molecule has 0 saturated heterocycles. The molecular formula is C9H9ClF3N3O. The van der Waals surface area contributed by atoms with Crippen molar-refractivity contribution in [3.05, 3.63) is 23.2 Å². The summed E-state index contributed by atoms with van der Waals surface area (Å²) in [5.74, 6) is -0.717. The number of nitrogens with zero attached hydrogens (tertiary/aromatic N) is 2. The van der Waals surface area contributed by atoms with Crippen LogP contribution in [0, 0.1) is 0 Å². The van der Waals surface area contributed by atoms with Crippen LogP contribution in [0.25, 0.3) is 0 Å². The molecule has 1 aromatic rings. The van der Waals surface area contributed by atoms with Crippen LogP contribution in [0.4, 0.5) is 13.2 Å². The first-order valence-electron chi connectivity index (χ1n) is 4.63. The number of hydrogen-bond acceptors (Lipinski definition) is 3. The highest BCUT2D eigenvalue weighted by molar-refractivity contribution is 6.29. The van der Waals surface area contributed by atoms with Crippen molar-refractivity contribution in [3.8, 4) is 0 Å². The van der Waals surface area contributed by atoms with E-state index in [2.05, 4.69) is 15.3 Å². The maximum atomic E-state index is 12.0. The Morgan fingerprint density at radius 2 is 2.12 bits per heavy atom. The van der Waals surface area contributed by atoms with Gasteiger partial charge in [-0.05, 0) is 6.92 Å². The third-order valence-corrected chi connectivity index (χ3v) is 1.96. The van der Waals surface area contributed by atoms with Gasteiger partial charge in [-0.3, -0.25) is 4.79 Å². The molecule has 1 rings (SSSR count). The summed E-state index contributed by atoms with van der Waals surface area (Å²) >= 11 is 5.46. The Kier molecular flexibility index (Phi) is 4.28. The molecule has 1 heterocycles. The van der Waals surface area contributed by atoms with Crippen LogP contribution in [0.5, 0.6) is 0 Å². The molecule has 94 valence electrons. The van der Waals surface area contributed by atoms with Crippen LogP contribution in [-0.2, 0) is 0 Å². The summed E-state index contributed by atoms with van der Waals surface area (Å²) in [5.41, 5.74) is -0.0802. The maximum Gasteiger partial charge on any atom is 0.391 e. The van der Waals surface area contributed by atoms with Crippen LogP contribution in [0.2, 0.25) is 5.15 Å². The Morgan fingerprint density at radius 3 is 2.59 bits per heavy atom. The third-order valence-electron chi connectivity index (χ3n) is 1.77. The van der Waals surface area contributed by atoms with E-state index >= 15 is 0 Å². The number of rotatable bonds is 3. The minimum Gasteiger partial charge on any atom is -0.348 e. The Morgan fingerprint density at radius 1 is 1.47 bits per heavy atom. The van der Waals surface area contributed by atoms with E-state index in [1.54, 1.807) is 0 Å². The summed E-state index contributed by atoms with van der Waals surface area (Å²) in [6.45, 7) is 1.26. The highest BCUT2D eigenvalue weighted by atomic mass is 35.5. The number of nitrogens with one attached hydrogen (secondary N) is 1. The zero-order valence-electron chi connectivity index (χ0n) is 8.75. The maximum absolute atomic E-state index is 12.0. The zero-order chi connectivity index (χ0) is 13.1. The smallest absolute Gasteiger partial charge is 0.348 e. The van der Waals surface area contributed by atoms with Crippen molar-refractivity contribution < 1.29 is 18.0 Å². The summed E-state index contributed by atoms with van der Waals surface area (Å²) < 4.78 is 36.0. The Bertz CT molecular complexity index is 393. The fraction of sp³-hybridized carbons (Fsp3) is 0.444. The first-order valence-corrected chi connectivity index (χ1v) is 5.01. The molecule has 1 amide bonds. The number of amides is 1. The van der Waals surface area contributed by atoms with Crippen LogP contribution < -0.4 is 5.32 Å². The predicted octanol–water partition coefficient (Wildman–Crippen LogP) is 2.20. The third kappa shape index (κ3) is 4.99. The number of carbonyl (C=O) groups is 1. The van der Waals surface area contributed by atoms with Gasteiger partial charge in [-0.2, -0.15) is 13.2 Å². The van der Waals surface area contributed by atoms with E-state index in [-0.39, 0.29) is 10.8 Å². The first-order chi connectivity index (χ1) is 7.78. The van der Waals surface area contributed by atoms with Gasteiger partial charge < -0.3 is 5.32 Å². The molecule has 0 fully saturated rings. The molecule has 0 aliphatic rings. The van der Waals surface area contributed by atoms with Crippen molar-refractivity contribution in [2.75, 3.05) is 0 Å². The van der Waals surface area contributed by atoms with Crippen LogP contribution in [0.15, 0.2) is 12.4 Å². The van der Waals surface area contributed by atoms with Gasteiger partial charge in [0.15, 0.2) is 0 Å². The molecule has 4 nitrogen and oxygen atoms in total. The molecule has 1 atom stereocenters. The largest absolute Gasteiger partial charge is 0.391 e. The lowest BCUT2D eigenvalue weighted by molar-refractivity contribution is -0.138. The van der Waals surface area contributed by atoms with E-state index in [0.29, 0.717) is 0 Å². The number of hydrogen-bond donors (Lipinski definition) is 1. The van der Waals surface area contributed by atoms with Crippen molar-refractivity contribution in [1.29, 1.82) is 0 Å². The van der Waals surface area contributed by atoms with Crippen molar-refractivity contribution in [1.82, 2.24) is 15.3 Å². The summed E-state index contributed by atoms with van der Waals surface area (Å²) in [6.07, 6.45) is -3.18. The SMILES string of the molecule is CC(CC(F)(F)F)NC(=O)c1cnc(Cl)cn1. The Labute approximate surface area is 100 Å². The van der Waals surface area contributed by atoms with E-state index in [0.717, 1.165) is 12.4 Å². The topological polar surface area (TPSA) is 54.9 Å². The van der Waals surface area contributed by atoms with Crippen LogP contribution >= 0.6 is 11.6 Å². The molecule has 0 saturated carbocycles. The van der Waals surface area contributed by atoms with E-state index in [4.69, 9.17) is 11.6 Å². The molecule has 1 unspecified atom stereocenters. The average molecular weight is 268 g/mol. The van der Waals surface area contributed by atoms with Crippen molar-refractivity contribution in [2.24, 2.45) is 0 Å². The average Bonchev–Trinajstić information content (AvgIpc) is 2.15. The molecule has 0 bridgehead atoms. The highest BCUT2D eigenvalue weighted by Crippen LogP contribution is 2.21. The van der Waals surface area contributed by atoms with Crippen LogP contribution in [0.3, 0.4) is 0 Å².